The lowest BCUT2D eigenvalue weighted by atomic mass is 10.2. The average Bonchev–Trinajstić information content (AvgIpc) is 2.28. The van der Waals surface area contributed by atoms with Crippen LogP contribution in [0.1, 0.15) is 11.1 Å². The van der Waals surface area contributed by atoms with Gasteiger partial charge in [-0.05, 0) is 12.5 Å². The van der Waals surface area contributed by atoms with E-state index in [1.165, 1.54) is 11.9 Å². The van der Waals surface area contributed by atoms with Crippen molar-refractivity contribution in [1.29, 1.82) is 5.26 Å². The van der Waals surface area contributed by atoms with E-state index < -0.39 is 6.09 Å². The van der Waals surface area contributed by atoms with E-state index in [0.29, 0.717) is 0 Å². The first-order valence-corrected chi connectivity index (χ1v) is 4.94. The zero-order valence-corrected chi connectivity index (χ0v) is 9.43. The van der Waals surface area contributed by atoms with Gasteiger partial charge < -0.3 is 4.74 Å². The number of hydrogen-bond acceptors (Lipinski definition) is 3. The predicted octanol–water partition coefficient (Wildman–Crippen LogP) is 2.09. The van der Waals surface area contributed by atoms with Crippen molar-refractivity contribution in [3.8, 4) is 6.07 Å². The van der Waals surface area contributed by atoms with Crippen LogP contribution in [-0.4, -0.2) is 24.6 Å². The smallest absolute Gasteiger partial charge is 0.410 e. The van der Waals surface area contributed by atoms with Crippen molar-refractivity contribution in [3.63, 3.8) is 0 Å². The molecule has 84 valence electrons. The third kappa shape index (κ3) is 3.62. The van der Waals surface area contributed by atoms with Crippen LogP contribution in [0.2, 0.25) is 0 Å². The minimum atomic E-state index is -0.484. The lowest BCUT2D eigenvalue weighted by Gasteiger charge is -2.13. The summed E-state index contributed by atoms with van der Waals surface area (Å²) < 4.78 is 5.02. The molecule has 0 spiro atoms. The van der Waals surface area contributed by atoms with E-state index in [0.717, 1.165) is 11.1 Å². The Morgan fingerprint density at radius 1 is 1.44 bits per heavy atom. The van der Waals surface area contributed by atoms with Gasteiger partial charge in [0.1, 0.15) is 13.2 Å². The molecular weight excluding hydrogens is 204 g/mol. The SMILES string of the molecule is Cc1ccc(COC(=O)N(C)CC#N)cc1. The molecule has 0 aromatic heterocycles. The van der Waals surface area contributed by atoms with Crippen LogP contribution in [0, 0.1) is 18.3 Å². The first kappa shape index (κ1) is 12.1. The van der Waals surface area contributed by atoms with Crippen molar-refractivity contribution in [2.75, 3.05) is 13.6 Å². The maximum atomic E-state index is 11.3. The van der Waals surface area contributed by atoms with Crippen molar-refractivity contribution in [3.05, 3.63) is 35.4 Å². The summed E-state index contributed by atoms with van der Waals surface area (Å²) in [6, 6.07) is 9.62. The third-order valence-corrected chi connectivity index (χ3v) is 2.10. The fraction of sp³-hybridized carbons (Fsp3) is 0.333. The molecule has 1 aromatic rings. The zero-order chi connectivity index (χ0) is 12.0. The summed E-state index contributed by atoms with van der Waals surface area (Å²) in [5.74, 6) is 0. The number of rotatable bonds is 3. The van der Waals surface area contributed by atoms with Crippen LogP contribution >= 0.6 is 0 Å². The monoisotopic (exact) mass is 218 g/mol. The molecule has 0 fully saturated rings. The summed E-state index contributed by atoms with van der Waals surface area (Å²) in [5.41, 5.74) is 2.10. The number of nitriles is 1. The number of hydrogen-bond donors (Lipinski definition) is 0. The fourth-order valence-corrected chi connectivity index (χ4v) is 1.11. The number of nitrogens with zero attached hydrogens (tertiary/aromatic N) is 2. The van der Waals surface area contributed by atoms with E-state index in [1.54, 1.807) is 0 Å². The van der Waals surface area contributed by atoms with Crippen LogP contribution < -0.4 is 0 Å². The Hall–Kier alpha value is -2.02. The van der Waals surface area contributed by atoms with Gasteiger partial charge in [-0.2, -0.15) is 5.26 Å². The minimum Gasteiger partial charge on any atom is -0.445 e. The average molecular weight is 218 g/mol. The second kappa shape index (κ2) is 5.76. The highest BCUT2D eigenvalue weighted by Crippen LogP contribution is 2.05. The van der Waals surface area contributed by atoms with Gasteiger partial charge in [0.25, 0.3) is 0 Å². The molecule has 4 nitrogen and oxygen atoms in total. The Bertz CT molecular complexity index is 392. The molecule has 0 saturated heterocycles. The summed E-state index contributed by atoms with van der Waals surface area (Å²) in [7, 11) is 1.53. The summed E-state index contributed by atoms with van der Waals surface area (Å²) in [6.07, 6.45) is -0.484. The number of benzene rings is 1. The number of carbonyl (C=O) groups is 1. The van der Waals surface area contributed by atoms with Gasteiger partial charge in [-0.15, -0.1) is 0 Å². The molecule has 4 heteroatoms. The molecule has 0 heterocycles. The first-order chi connectivity index (χ1) is 7.63. The number of amides is 1. The topological polar surface area (TPSA) is 53.3 Å². The van der Waals surface area contributed by atoms with Gasteiger partial charge in [-0.1, -0.05) is 29.8 Å². The maximum Gasteiger partial charge on any atom is 0.410 e. The molecular formula is C12H14N2O2. The fourth-order valence-electron chi connectivity index (χ4n) is 1.11. The van der Waals surface area contributed by atoms with Crippen LogP contribution in [-0.2, 0) is 11.3 Å². The van der Waals surface area contributed by atoms with E-state index in [-0.39, 0.29) is 13.2 Å². The molecule has 0 radical (unpaired) electrons. The largest absolute Gasteiger partial charge is 0.445 e. The molecule has 0 saturated carbocycles. The lowest BCUT2D eigenvalue weighted by molar-refractivity contribution is 0.108. The molecule has 0 bridgehead atoms. The Balaban J connectivity index is 2.43. The molecule has 1 rings (SSSR count). The molecule has 1 aromatic carbocycles. The second-order valence-electron chi connectivity index (χ2n) is 3.55. The molecule has 1 amide bonds. The minimum absolute atomic E-state index is 0.0345. The first-order valence-electron chi connectivity index (χ1n) is 4.94. The summed E-state index contributed by atoms with van der Waals surface area (Å²) in [4.78, 5) is 12.6. The highest BCUT2D eigenvalue weighted by Gasteiger charge is 2.08. The van der Waals surface area contributed by atoms with Gasteiger partial charge in [-0.3, -0.25) is 4.90 Å². The van der Waals surface area contributed by atoms with Crippen LogP contribution in [0.5, 0.6) is 0 Å². The maximum absolute atomic E-state index is 11.3. The van der Waals surface area contributed by atoms with E-state index >= 15 is 0 Å². The quantitative estimate of drug-likeness (QED) is 0.730. The third-order valence-electron chi connectivity index (χ3n) is 2.10. The molecule has 0 aliphatic heterocycles. The summed E-state index contributed by atoms with van der Waals surface area (Å²) >= 11 is 0. The molecule has 0 aliphatic rings. The van der Waals surface area contributed by atoms with E-state index in [4.69, 9.17) is 10.00 Å². The van der Waals surface area contributed by atoms with Crippen molar-refractivity contribution < 1.29 is 9.53 Å². The number of ether oxygens (including phenoxy) is 1. The Kier molecular flexibility index (Phi) is 4.34. The number of aryl methyl sites for hydroxylation is 1. The van der Waals surface area contributed by atoms with Gasteiger partial charge in [0.15, 0.2) is 0 Å². The van der Waals surface area contributed by atoms with Crippen molar-refractivity contribution >= 4 is 6.09 Å². The van der Waals surface area contributed by atoms with E-state index in [2.05, 4.69) is 0 Å². The molecule has 0 N–H and O–H groups in total. The molecule has 16 heavy (non-hydrogen) atoms. The van der Waals surface area contributed by atoms with Crippen molar-refractivity contribution in [1.82, 2.24) is 4.90 Å². The second-order valence-corrected chi connectivity index (χ2v) is 3.55. The molecule has 0 aliphatic carbocycles. The summed E-state index contributed by atoms with van der Waals surface area (Å²) in [6.45, 7) is 2.26. The van der Waals surface area contributed by atoms with Gasteiger partial charge in [-0.25, -0.2) is 4.79 Å². The lowest BCUT2D eigenvalue weighted by Crippen LogP contribution is -2.27. The van der Waals surface area contributed by atoms with Gasteiger partial charge in [0, 0.05) is 7.05 Å². The van der Waals surface area contributed by atoms with Crippen molar-refractivity contribution in [2.45, 2.75) is 13.5 Å². The molecule has 0 unspecified atom stereocenters. The van der Waals surface area contributed by atoms with Gasteiger partial charge in [0.05, 0.1) is 6.07 Å². The van der Waals surface area contributed by atoms with Crippen LogP contribution in [0.15, 0.2) is 24.3 Å². The standard InChI is InChI=1S/C12H14N2O2/c1-10-3-5-11(6-4-10)9-16-12(15)14(2)8-7-13/h3-6H,8-9H2,1-2H3. The normalized spacial score (nSPS) is 9.31. The highest BCUT2D eigenvalue weighted by molar-refractivity contribution is 5.67. The van der Waals surface area contributed by atoms with Crippen molar-refractivity contribution in [2.24, 2.45) is 0 Å². The van der Waals surface area contributed by atoms with E-state index in [1.807, 2.05) is 37.3 Å². The Labute approximate surface area is 95.0 Å². The Morgan fingerprint density at radius 2 is 2.06 bits per heavy atom. The van der Waals surface area contributed by atoms with Crippen LogP contribution in [0.25, 0.3) is 0 Å². The Morgan fingerprint density at radius 3 is 2.62 bits per heavy atom. The van der Waals surface area contributed by atoms with E-state index in [9.17, 15) is 4.79 Å². The summed E-state index contributed by atoms with van der Waals surface area (Å²) in [5, 5.41) is 8.40. The number of carbonyl (C=O) groups excluding carboxylic acids is 1. The zero-order valence-electron chi connectivity index (χ0n) is 9.43. The van der Waals surface area contributed by atoms with Gasteiger partial charge in [0.2, 0.25) is 0 Å². The highest BCUT2D eigenvalue weighted by atomic mass is 16.6. The van der Waals surface area contributed by atoms with Gasteiger partial charge >= 0.3 is 6.09 Å². The predicted molar refractivity (Wildman–Crippen MR) is 59.6 cm³/mol. The van der Waals surface area contributed by atoms with Crippen LogP contribution in [0.3, 0.4) is 0 Å². The molecule has 0 atom stereocenters. The van der Waals surface area contributed by atoms with Crippen LogP contribution in [0.4, 0.5) is 4.79 Å².